The van der Waals surface area contributed by atoms with Gasteiger partial charge in [-0.2, -0.15) is 0 Å². The van der Waals surface area contributed by atoms with Crippen LogP contribution in [-0.4, -0.2) is 18.1 Å². The molecule has 2 aromatic carbocycles. The van der Waals surface area contributed by atoms with E-state index >= 15 is 0 Å². The molecule has 2 amide bonds. The van der Waals surface area contributed by atoms with Gasteiger partial charge in [-0.25, -0.2) is 4.79 Å². The molecule has 6 heteroatoms. The number of rotatable bonds is 4. The molecular weight excluding hydrogens is 320 g/mol. The molecule has 114 valence electrons. The summed E-state index contributed by atoms with van der Waals surface area (Å²) < 4.78 is 0. The zero-order valence-electron chi connectivity index (χ0n) is 12.1. The molecule has 0 aliphatic heterocycles. The number of Topliss-reactive ketones (excluding diaryl/α,β-unsaturated/α-hetero) is 1. The van der Waals surface area contributed by atoms with Gasteiger partial charge in [-0.05, 0) is 55.6 Å². The van der Waals surface area contributed by atoms with Crippen molar-refractivity contribution in [2.75, 3.05) is 16.9 Å². The zero-order valence-corrected chi connectivity index (χ0v) is 13.7. The van der Waals surface area contributed by atoms with Gasteiger partial charge < -0.3 is 10.6 Å². The summed E-state index contributed by atoms with van der Waals surface area (Å²) in [6, 6.07) is 11.8. The molecule has 0 aromatic heterocycles. The maximum absolute atomic E-state index is 12.0. The van der Waals surface area contributed by atoms with Crippen molar-refractivity contribution in [2.24, 2.45) is 0 Å². The molecule has 2 rings (SSSR count). The third-order valence-corrected chi connectivity index (χ3v) is 3.94. The van der Waals surface area contributed by atoms with E-state index in [-0.39, 0.29) is 5.78 Å². The van der Waals surface area contributed by atoms with Gasteiger partial charge in [-0.1, -0.05) is 11.6 Å². The van der Waals surface area contributed by atoms with E-state index in [4.69, 9.17) is 11.6 Å². The second-order valence-electron chi connectivity index (χ2n) is 4.55. The van der Waals surface area contributed by atoms with Gasteiger partial charge in [-0.15, -0.1) is 11.8 Å². The van der Waals surface area contributed by atoms with E-state index < -0.39 is 6.03 Å². The highest BCUT2D eigenvalue weighted by molar-refractivity contribution is 7.98. The molecule has 0 fully saturated rings. The molecule has 0 radical (unpaired) electrons. The van der Waals surface area contributed by atoms with Gasteiger partial charge in [-0.3, -0.25) is 4.79 Å². The van der Waals surface area contributed by atoms with Crippen LogP contribution in [0.15, 0.2) is 47.4 Å². The maximum atomic E-state index is 12.0. The molecule has 0 bridgehead atoms. The number of hydrogen-bond acceptors (Lipinski definition) is 3. The Morgan fingerprint density at radius 1 is 1.05 bits per heavy atom. The first kappa shape index (κ1) is 16.4. The number of anilines is 2. The molecule has 0 unspecified atom stereocenters. The molecule has 22 heavy (non-hydrogen) atoms. The fourth-order valence-electron chi connectivity index (χ4n) is 1.88. The average Bonchev–Trinajstić information content (AvgIpc) is 2.49. The van der Waals surface area contributed by atoms with Gasteiger partial charge in [0, 0.05) is 21.2 Å². The summed E-state index contributed by atoms with van der Waals surface area (Å²) in [7, 11) is 0. The van der Waals surface area contributed by atoms with Crippen molar-refractivity contribution in [3.8, 4) is 0 Å². The summed E-state index contributed by atoms with van der Waals surface area (Å²) in [5.41, 5.74) is 1.48. The molecule has 0 heterocycles. The number of hydrogen-bond donors (Lipinski definition) is 2. The van der Waals surface area contributed by atoms with Crippen molar-refractivity contribution in [3.63, 3.8) is 0 Å². The first-order valence-corrected chi connectivity index (χ1v) is 8.12. The van der Waals surface area contributed by atoms with E-state index in [0.29, 0.717) is 22.0 Å². The summed E-state index contributed by atoms with van der Waals surface area (Å²) in [6.45, 7) is 1.43. The quantitative estimate of drug-likeness (QED) is 0.617. The maximum Gasteiger partial charge on any atom is 0.323 e. The molecule has 0 saturated carbocycles. The minimum Gasteiger partial charge on any atom is -0.308 e. The number of urea groups is 1. The van der Waals surface area contributed by atoms with Gasteiger partial charge in [0.2, 0.25) is 0 Å². The first-order chi connectivity index (χ1) is 10.5. The lowest BCUT2D eigenvalue weighted by molar-refractivity contribution is 0.101. The van der Waals surface area contributed by atoms with E-state index in [1.807, 2.05) is 30.5 Å². The number of halogens is 1. The fraction of sp³-hybridized carbons (Fsp3) is 0.125. The van der Waals surface area contributed by atoms with Crippen LogP contribution in [0, 0.1) is 0 Å². The highest BCUT2D eigenvalue weighted by atomic mass is 35.5. The molecule has 0 aliphatic rings. The predicted molar refractivity (Wildman–Crippen MR) is 92.3 cm³/mol. The van der Waals surface area contributed by atoms with E-state index in [0.717, 1.165) is 4.90 Å². The largest absolute Gasteiger partial charge is 0.323 e. The van der Waals surface area contributed by atoms with Crippen molar-refractivity contribution < 1.29 is 9.59 Å². The van der Waals surface area contributed by atoms with Crippen LogP contribution in [0.25, 0.3) is 0 Å². The first-order valence-electron chi connectivity index (χ1n) is 6.52. The van der Waals surface area contributed by atoms with E-state index in [1.165, 1.54) is 13.0 Å². The van der Waals surface area contributed by atoms with E-state index in [1.54, 1.807) is 23.9 Å². The Labute approximate surface area is 138 Å². The van der Waals surface area contributed by atoms with Gasteiger partial charge in [0.15, 0.2) is 5.78 Å². The van der Waals surface area contributed by atoms with Crippen LogP contribution >= 0.6 is 23.4 Å². The summed E-state index contributed by atoms with van der Waals surface area (Å²) in [4.78, 5) is 24.7. The molecule has 0 saturated heterocycles. The third kappa shape index (κ3) is 4.26. The number of carbonyl (C=O) groups is 2. The number of nitrogens with one attached hydrogen (secondary N) is 2. The summed E-state index contributed by atoms with van der Waals surface area (Å²) in [5.74, 6) is -0.165. The highest BCUT2D eigenvalue weighted by Crippen LogP contribution is 2.22. The van der Waals surface area contributed by atoms with Crippen LogP contribution in [0.1, 0.15) is 17.3 Å². The summed E-state index contributed by atoms with van der Waals surface area (Å²) >= 11 is 7.50. The minimum absolute atomic E-state index is 0.165. The van der Waals surface area contributed by atoms with Crippen molar-refractivity contribution in [1.29, 1.82) is 0 Å². The van der Waals surface area contributed by atoms with Crippen LogP contribution in [0.4, 0.5) is 16.2 Å². The van der Waals surface area contributed by atoms with Crippen molar-refractivity contribution >= 4 is 46.6 Å². The predicted octanol–water partition coefficient (Wildman–Crippen LogP) is 4.91. The minimum atomic E-state index is -0.415. The molecule has 4 nitrogen and oxygen atoms in total. The molecule has 0 atom stereocenters. The lowest BCUT2D eigenvalue weighted by atomic mass is 10.1. The number of ketones is 1. The van der Waals surface area contributed by atoms with E-state index in [9.17, 15) is 9.59 Å². The van der Waals surface area contributed by atoms with Crippen LogP contribution in [0.2, 0.25) is 5.02 Å². The zero-order chi connectivity index (χ0) is 16.1. The number of amides is 2. The van der Waals surface area contributed by atoms with Gasteiger partial charge in [0.05, 0.1) is 5.69 Å². The third-order valence-electron chi connectivity index (χ3n) is 2.96. The monoisotopic (exact) mass is 334 g/mol. The lowest BCUT2D eigenvalue weighted by Gasteiger charge is -2.11. The molecule has 0 aliphatic carbocycles. The summed E-state index contributed by atoms with van der Waals surface area (Å²) in [5, 5.41) is 5.83. The molecular formula is C16H15ClN2O2S. The second-order valence-corrected chi connectivity index (χ2v) is 5.87. The topological polar surface area (TPSA) is 58.2 Å². The SMILES string of the molecule is CSc1ccc(NC(=O)Nc2ccc(Cl)cc2C(C)=O)cc1. The van der Waals surface area contributed by atoms with E-state index in [2.05, 4.69) is 10.6 Å². The van der Waals surface area contributed by atoms with Crippen molar-refractivity contribution in [3.05, 3.63) is 53.1 Å². The Kier molecular flexibility index (Phi) is 5.46. The van der Waals surface area contributed by atoms with Gasteiger partial charge in [0.1, 0.15) is 0 Å². The average molecular weight is 335 g/mol. The summed E-state index contributed by atoms with van der Waals surface area (Å²) in [6.07, 6.45) is 1.99. The number of benzene rings is 2. The van der Waals surface area contributed by atoms with Crippen LogP contribution in [0.5, 0.6) is 0 Å². The smallest absolute Gasteiger partial charge is 0.308 e. The van der Waals surface area contributed by atoms with Gasteiger partial charge >= 0.3 is 6.03 Å². The van der Waals surface area contributed by atoms with Crippen molar-refractivity contribution in [1.82, 2.24) is 0 Å². The second kappa shape index (κ2) is 7.33. The Balaban J connectivity index is 2.10. The Bertz CT molecular complexity index is 702. The molecule has 2 N–H and O–H groups in total. The molecule has 0 spiro atoms. The van der Waals surface area contributed by atoms with Gasteiger partial charge in [0.25, 0.3) is 0 Å². The normalized spacial score (nSPS) is 10.1. The lowest BCUT2D eigenvalue weighted by Crippen LogP contribution is -2.20. The van der Waals surface area contributed by atoms with Crippen LogP contribution in [0.3, 0.4) is 0 Å². The number of carbonyl (C=O) groups excluding carboxylic acids is 2. The van der Waals surface area contributed by atoms with Crippen LogP contribution in [-0.2, 0) is 0 Å². The fourth-order valence-corrected chi connectivity index (χ4v) is 2.46. The van der Waals surface area contributed by atoms with Crippen LogP contribution < -0.4 is 10.6 Å². The Morgan fingerprint density at radius 2 is 1.73 bits per heavy atom. The number of thioether (sulfide) groups is 1. The Hall–Kier alpha value is -1.98. The standard InChI is InChI=1S/C16H15ClN2O2S/c1-10(20)14-9-11(17)3-8-15(14)19-16(21)18-12-4-6-13(22-2)7-5-12/h3-9H,1-2H3,(H2,18,19,21). The Morgan fingerprint density at radius 3 is 2.32 bits per heavy atom. The highest BCUT2D eigenvalue weighted by Gasteiger charge is 2.11. The molecule has 2 aromatic rings. The van der Waals surface area contributed by atoms with Crippen molar-refractivity contribution in [2.45, 2.75) is 11.8 Å².